The molecule has 0 unspecified atom stereocenters. The molecule has 1 aromatic heterocycles. The molecule has 0 fully saturated rings. The monoisotopic (exact) mass is 328 g/mol. The number of aromatic nitrogens is 2. The van der Waals surface area contributed by atoms with Gasteiger partial charge in [0.2, 0.25) is 0 Å². The maximum absolute atomic E-state index is 10.8. The molecular weight excluding hydrogens is 320 g/mol. The normalized spacial score (nSPS) is 10.6. The molecule has 6 heteroatoms. The van der Waals surface area contributed by atoms with Gasteiger partial charge in [-0.1, -0.05) is 11.6 Å². The summed E-state index contributed by atoms with van der Waals surface area (Å²) in [7, 11) is 0. The van der Waals surface area contributed by atoms with Crippen LogP contribution in [-0.2, 0) is 11.2 Å². The fraction of sp³-hybridized carbons (Fsp3) is 0.167. The molecule has 0 saturated heterocycles. The molecule has 94 valence electrons. The van der Waals surface area contributed by atoms with E-state index in [1.165, 1.54) is 0 Å². The quantitative estimate of drug-likeness (QED) is 0.940. The third kappa shape index (κ3) is 2.57. The molecule has 2 aromatic rings. The van der Waals surface area contributed by atoms with E-state index in [2.05, 4.69) is 21.0 Å². The first-order chi connectivity index (χ1) is 8.49. The summed E-state index contributed by atoms with van der Waals surface area (Å²) in [5.74, 6) is -0.880. The lowest BCUT2D eigenvalue weighted by molar-refractivity contribution is -0.136. The first-order valence-electron chi connectivity index (χ1n) is 5.20. The van der Waals surface area contributed by atoms with E-state index in [0.29, 0.717) is 20.9 Å². The summed E-state index contributed by atoms with van der Waals surface area (Å²) in [6.07, 6.45) is -0.0555. The zero-order chi connectivity index (χ0) is 13.3. The van der Waals surface area contributed by atoms with Crippen molar-refractivity contribution in [2.45, 2.75) is 13.3 Å². The standard InChI is InChI=1S/C12H10BrClN2O2/c1-7-10(6-11(17)18)12(13)16(15-7)9-4-2-8(14)3-5-9/h2-5H,6H2,1H3,(H,17,18). The molecule has 0 spiro atoms. The van der Waals surface area contributed by atoms with Gasteiger partial charge in [-0.25, -0.2) is 4.68 Å². The molecular formula is C12H10BrClN2O2. The molecule has 0 saturated carbocycles. The summed E-state index contributed by atoms with van der Waals surface area (Å²) < 4.78 is 2.31. The van der Waals surface area contributed by atoms with E-state index in [0.717, 1.165) is 5.69 Å². The average molecular weight is 330 g/mol. The average Bonchev–Trinajstić information content (AvgIpc) is 2.58. The van der Waals surface area contributed by atoms with Gasteiger partial charge < -0.3 is 5.11 Å². The number of rotatable bonds is 3. The third-order valence-electron chi connectivity index (χ3n) is 2.52. The van der Waals surface area contributed by atoms with Crippen LogP contribution in [-0.4, -0.2) is 20.9 Å². The molecule has 1 heterocycles. The van der Waals surface area contributed by atoms with Gasteiger partial charge in [0, 0.05) is 10.6 Å². The fourth-order valence-electron chi connectivity index (χ4n) is 1.64. The minimum absolute atomic E-state index is 0.0555. The van der Waals surface area contributed by atoms with Gasteiger partial charge in [-0.3, -0.25) is 4.79 Å². The van der Waals surface area contributed by atoms with Crippen molar-refractivity contribution >= 4 is 33.5 Å². The van der Waals surface area contributed by atoms with Gasteiger partial charge in [0.05, 0.1) is 17.8 Å². The lowest BCUT2D eigenvalue weighted by Crippen LogP contribution is -2.01. The van der Waals surface area contributed by atoms with Gasteiger partial charge in [-0.15, -0.1) is 0 Å². The van der Waals surface area contributed by atoms with Crippen LogP contribution in [0.25, 0.3) is 5.69 Å². The van der Waals surface area contributed by atoms with Gasteiger partial charge in [-0.2, -0.15) is 5.10 Å². The highest BCUT2D eigenvalue weighted by Gasteiger charge is 2.16. The molecule has 1 aromatic carbocycles. The summed E-state index contributed by atoms with van der Waals surface area (Å²) in [6, 6.07) is 7.17. The zero-order valence-corrected chi connectivity index (χ0v) is 11.9. The Morgan fingerprint density at radius 3 is 2.61 bits per heavy atom. The van der Waals surface area contributed by atoms with Crippen LogP contribution in [0.5, 0.6) is 0 Å². The predicted octanol–water partition coefficient (Wildman–Crippen LogP) is 3.22. The van der Waals surface area contributed by atoms with E-state index in [9.17, 15) is 4.79 Å². The van der Waals surface area contributed by atoms with E-state index < -0.39 is 5.97 Å². The van der Waals surface area contributed by atoms with Gasteiger partial charge in [0.1, 0.15) is 4.60 Å². The van der Waals surface area contributed by atoms with Crippen molar-refractivity contribution in [3.8, 4) is 5.69 Å². The number of nitrogens with zero attached hydrogens (tertiary/aromatic N) is 2. The molecule has 0 aliphatic rings. The number of hydrogen-bond acceptors (Lipinski definition) is 2. The van der Waals surface area contributed by atoms with Crippen molar-refractivity contribution in [2.75, 3.05) is 0 Å². The molecule has 1 N–H and O–H groups in total. The second-order valence-electron chi connectivity index (χ2n) is 3.81. The Morgan fingerprint density at radius 2 is 2.06 bits per heavy atom. The predicted molar refractivity (Wildman–Crippen MR) is 72.4 cm³/mol. The summed E-state index contributed by atoms with van der Waals surface area (Å²) >= 11 is 9.22. The Morgan fingerprint density at radius 1 is 1.44 bits per heavy atom. The van der Waals surface area contributed by atoms with Gasteiger partial charge in [-0.05, 0) is 47.1 Å². The highest BCUT2D eigenvalue weighted by atomic mass is 79.9. The Hall–Kier alpha value is -1.33. The second-order valence-corrected chi connectivity index (χ2v) is 5.00. The number of carbonyl (C=O) groups is 1. The van der Waals surface area contributed by atoms with Gasteiger partial charge in [0.15, 0.2) is 0 Å². The van der Waals surface area contributed by atoms with Gasteiger partial charge >= 0.3 is 5.97 Å². The SMILES string of the molecule is Cc1nn(-c2ccc(Cl)cc2)c(Br)c1CC(=O)O. The van der Waals surface area contributed by atoms with Crippen LogP contribution in [0.1, 0.15) is 11.3 Å². The topological polar surface area (TPSA) is 55.1 Å². The van der Waals surface area contributed by atoms with E-state index in [1.807, 2.05) is 12.1 Å². The Kier molecular flexibility index (Phi) is 3.73. The van der Waals surface area contributed by atoms with Crippen molar-refractivity contribution in [3.05, 3.63) is 45.1 Å². The van der Waals surface area contributed by atoms with E-state index in [-0.39, 0.29) is 6.42 Å². The number of hydrogen-bond donors (Lipinski definition) is 1. The molecule has 0 atom stereocenters. The van der Waals surface area contributed by atoms with Crippen molar-refractivity contribution in [1.29, 1.82) is 0 Å². The van der Waals surface area contributed by atoms with Crippen LogP contribution in [0.4, 0.5) is 0 Å². The molecule has 0 radical (unpaired) electrons. The van der Waals surface area contributed by atoms with Crippen molar-refractivity contribution < 1.29 is 9.90 Å². The fourth-order valence-corrected chi connectivity index (χ4v) is 2.47. The van der Waals surface area contributed by atoms with Crippen molar-refractivity contribution in [2.24, 2.45) is 0 Å². The smallest absolute Gasteiger partial charge is 0.307 e. The van der Waals surface area contributed by atoms with Crippen molar-refractivity contribution in [1.82, 2.24) is 9.78 Å². The zero-order valence-electron chi connectivity index (χ0n) is 9.52. The largest absolute Gasteiger partial charge is 0.481 e. The van der Waals surface area contributed by atoms with Crippen LogP contribution >= 0.6 is 27.5 Å². The lowest BCUT2D eigenvalue weighted by Gasteiger charge is -2.03. The Balaban J connectivity index is 2.46. The lowest BCUT2D eigenvalue weighted by atomic mass is 10.2. The highest BCUT2D eigenvalue weighted by Crippen LogP contribution is 2.25. The third-order valence-corrected chi connectivity index (χ3v) is 3.59. The molecule has 4 nitrogen and oxygen atoms in total. The first-order valence-corrected chi connectivity index (χ1v) is 6.38. The van der Waals surface area contributed by atoms with Crippen LogP contribution in [0.2, 0.25) is 5.02 Å². The minimum Gasteiger partial charge on any atom is -0.481 e. The van der Waals surface area contributed by atoms with Crippen LogP contribution < -0.4 is 0 Å². The van der Waals surface area contributed by atoms with Crippen LogP contribution in [0, 0.1) is 6.92 Å². The summed E-state index contributed by atoms with van der Waals surface area (Å²) in [4.78, 5) is 10.8. The van der Waals surface area contributed by atoms with Crippen molar-refractivity contribution in [3.63, 3.8) is 0 Å². The van der Waals surface area contributed by atoms with Gasteiger partial charge in [0.25, 0.3) is 0 Å². The minimum atomic E-state index is -0.880. The first kappa shape index (κ1) is 13.1. The number of halogens is 2. The van der Waals surface area contributed by atoms with Crippen LogP contribution in [0.3, 0.4) is 0 Å². The Bertz CT molecular complexity index is 593. The number of carboxylic acids is 1. The summed E-state index contributed by atoms with van der Waals surface area (Å²) in [6.45, 7) is 1.79. The van der Waals surface area contributed by atoms with E-state index in [4.69, 9.17) is 16.7 Å². The summed E-state index contributed by atoms with van der Waals surface area (Å²) in [5.41, 5.74) is 2.20. The van der Waals surface area contributed by atoms with E-state index in [1.54, 1.807) is 23.7 Å². The number of carboxylic acid groups (broad SMARTS) is 1. The number of aryl methyl sites for hydroxylation is 1. The molecule has 0 aliphatic heterocycles. The van der Waals surface area contributed by atoms with E-state index >= 15 is 0 Å². The maximum Gasteiger partial charge on any atom is 0.307 e. The number of benzene rings is 1. The maximum atomic E-state index is 10.8. The van der Waals surface area contributed by atoms with Crippen LogP contribution in [0.15, 0.2) is 28.9 Å². The highest BCUT2D eigenvalue weighted by molar-refractivity contribution is 9.10. The summed E-state index contributed by atoms with van der Waals surface area (Å²) in [5, 5.41) is 13.8. The molecule has 2 rings (SSSR count). The molecule has 0 bridgehead atoms. The Labute approximate surface area is 117 Å². The molecule has 0 amide bonds. The molecule has 18 heavy (non-hydrogen) atoms. The second kappa shape index (κ2) is 5.12. The number of aliphatic carboxylic acids is 1. The molecule has 0 aliphatic carbocycles.